The van der Waals surface area contributed by atoms with Gasteiger partial charge in [0.05, 0.1) is 11.1 Å². The number of fused-ring (bicyclic) bond motifs is 2. The molecule has 1 amide bonds. The van der Waals surface area contributed by atoms with E-state index in [4.69, 9.17) is 0 Å². The summed E-state index contributed by atoms with van der Waals surface area (Å²) in [5.41, 5.74) is 2.63. The van der Waals surface area contributed by atoms with Gasteiger partial charge < -0.3 is 9.87 Å². The molecule has 130 valence electrons. The summed E-state index contributed by atoms with van der Waals surface area (Å²) < 4.78 is 42.0. The number of carbonyl (C=O) groups excluding carboxylic acids is 1. The second kappa shape index (κ2) is 5.71. The molecule has 7 heteroatoms. The molecule has 0 saturated heterocycles. The molecule has 1 atom stereocenters. The Balaban J connectivity index is 1.66. The van der Waals surface area contributed by atoms with Crippen molar-refractivity contribution in [1.29, 1.82) is 0 Å². The van der Waals surface area contributed by atoms with Gasteiger partial charge in [-0.25, -0.2) is 13.5 Å². The SMILES string of the molecule is Cc1cc(N[S@@+]([O-])c2ccc(F)cc2F)cc2c1NC(=O)C21CCC1. The summed E-state index contributed by atoms with van der Waals surface area (Å²) in [7, 11) is 0. The molecule has 2 aromatic rings. The van der Waals surface area contributed by atoms with E-state index < -0.39 is 28.4 Å². The zero-order chi connectivity index (χ0) is 17.8. The molecule has 1 heterocycles. The van der Waals surface area contributed by atoms with Crippen LogP contribution < -0.4 is 10.0 Å². The Bertz CT molecular complexity index is 884. The van der Waals surface area contributed by atoms with Gasteiger partial charge in [-0.3, -0.25) is 4.79 Å². The number of rotatable bonds is 3. The van der Waals surface area contributed by atoms with Crippen LogP contribution in [0.25, 0.3) is 0 Å². The zero-order valence-corrected chi connectivity index (χ0v) is 14.3. The van der Waals surface area contributed by atoms with Crippen molar-refractivity contribution < 1.29 is 18.1 Å². The molecule has 1 saturated carbocycles. The fourth-order valence-corrected chi connectivity index (χ4v) is 4.43. The molecule has 4 nitrogen and oxygen atoms in total. The average molecular weight is 362 g/mol. The summed E-state index contributed by atoms with van der Waals surface area (Å²) in [6, 6.07) is 6.49. The van der Waals surface area contributed by atoms with Crippen molar-refractivity contribution in [3.05, 3.63) is 53.1 Å². The van der Waals surface area contributed by atoms with E-state index in [0.717, 1.165) is 48.2 Å². The number of aryl methyl sites for hydroxylation is 1. The van der Waals surface area contributed by atoms with Crippen LogP contribution >= 0.6 is 0 Å². The van der Waals surface area contributed by atoms with Crippen molar-refractivity contribution in [1.82, 2.24) is 0 Å². The standard InChI is InChI=1S/C18H16F2N2O2S/c1-10-7-12(22-25(24)15-4-3-11(19)8-14(15)20)9-13-16(10)21-17(23)18(13)5-2-6-18/h3-4,7-9,22H,2,5-6H2,1H3,(H,21,23)/t25-/m0/s1. The summed E-state index contributed by atoms with van der Waals surface area (Å²) in [5, 5.41) is 2.94. The van der Waals surface area contributed by atoms with E-state index in [1.807, 2.05) is 6.92 Å². The van der Waals surface area contributed by atoms with Crippen molar-refractivity contribution in [2.45, 2.75) is 36.5 Å². The van der Waals surface area contributed by atoms with Crippen LogP contribution in [0.4, 0.5) is 20.2 Å². The highest BCUT2D eigenvalue weighted by atomic mass is 32.2. The molecule has 1 aliphatic carbocycles. The molecule has 0 radical (unpaired) electrons. The molecule has 0 unspecified atom stereocenters. The molecular weight excluding hydrogens is 346 g/mol. The maximum absolute atomic E-state index is 13.8. The van der Waals surface area contributed by atoms with Crippen LogP contribution in [0.2, 0.25) is 0 Å². The number of benzene rings is 2. The maximum Gasteiger partial charge on any atom is 0.235 e. The Kier molecular flexibility index (Phi) is 3.73. The minimum atomic E-state index is -1.87. The minimum Gasteiger partial charge on any atom is -0.588 e. The quantitative estimate of drug-likeness (QED) is 0.817. The van der Waals surface area contributed by atoms with Crippen LogP contribution in [0, 0.1) is 18.6 Å². The van der Waals surface area contributed by atoms with Crippen LogP contribution in [0.1, 0.15) is 30.4 Å². The van der Waals surface area contributed by atoms with Gasteiger partial charge in [0.25, 0.3) is 0 Å². The predicted octanol–water partition coefficient (Wildman–Crippen LogP) is 3.78. The second-order valence-electron chi connectivity index (χ2n) is 6.55. The van der Waals surface area contributed by atoms with Gasteiger partial charge in [-0.05, 0) is 49.1 Å². The Labute approximate surface area is 146 Å². The van der Waals surface area contributed by atoms with Crippen LogP contribution in [-0.4, -0.2) is 10.5 Å². The van der Waals surface area contributed by atoms with Crippen LogP contribution in [0.3, 0.4) is 0 Å². The lowest BCUT2D eigenvalue weighted by atomic mass is 9.65. The van der Waals surface area contributed by atoms with Gasteiger partial charge in [0, 0.05) is 17.8 Å². The average Bonchev–Trinajstić information content (AvgIpc) is 2.79. The highest BCUT2D eigenvalue weighted by Crippen LogP contribution is 2.52. The van der Waals surface area contributed by atoms with Crippen molar-refractivity contribution in [2.75, 3.05) is 10.0 Å². The van der Waals surface area contributed by atoms with E-state index in [0.29, 0.717) is 11.8 Å². The first-order valence-electron chi connectivity index (χ1n) is 8.01. The number of hydrogen-bond acceptors (Lipinski definition) is 3. The molecule has 2 aromatic carbocycles. The molecule has 0 aromatic heterocycles. The number of carbonyl (C=O) groups is 1. The summed E-state index contributed by atoms with van der Waals surface area (Å²) >= 11 is -1.87. The highest BCUT2D eigenvalue weighted by Gasteiger charge is 2.51. The lowest BCUT2D eigenvalue weighted by Crippen LogP contribution is -2.40. The Morgan fingerprint density at radius 1 is 1.24 bits per heavy atom. The van der Waals surface area contributed by atoms with Gasteiger partial charge in [-0.2, -0.15) is 0 Å². The summed E-state index contributed by atoms with van der Waals surface area (Å²) in [6.45, 7) is 1.86. The molecule has 25 heavy (non-hydrogen) atoms. The molecule has 1 fully saturated rings. The normalized spacial score (nSPS) is 18.5. The summed E-state index contributed by atoms with van der Waals surface area (Å²) in [4.78, 5) is 12.2. The van der Waals surface area contributed by atoms with E-state index in [1.54, 1.807) is 12.1 Å². The Hall–Kier alpha value is -2.12. The first-order valence-corrected chi connectivity index (χ1v) is 9.16. The molecule has 0 bridgehead atoms. The van der Waals surface area contributed by atoms with Crippen LogP contribution in [0.5, 0.6) is 0 Å². The lowest BCUT2D eigenvalue weighted by molar-refractivity contribution is -0.123. The first kappa shape index (κ1) is 16.4. The lowest BCUT2D eigenvalue weighted by Gasteiger charge is -2.36. The monoisotopic (exact) mass is 362 g/mol. The fourth-order valence-electron chi connectivity index (χ4n) is 3.56. The fraction of sp³-hybridized carbons (Fsp3) is 0.278. The predicted molar refractivity (Wildman–Crippen MR) is 91.7 cm³/mol. The number of nitrogens with one attached hydrogen (secondary N) is 2. The van der Waals surface area contributed by atoms with Gasteiger partial charge in [-0.15, -0.1) is 0 Å². The third-order valence-electron chi connectivity index (χ3n) is 5.04. The van der Waals surface area contributed by atoms with Gasteiger partial charge in [0.1, 0.15) is 17.2 Å². The van der Waals surface area contributed by atoms with Gasteiger partial charge in [0.2, 0.25) is 10.8 Å². The highest BCUT2D eigenvalue weighted by molar-refractivity contribution is 7.92. The largest absolute Gasteiger partial charge is 0.588 e. The maximum atomic E-state index is 13.8. The van der Waals surface area contributed by atoms with Crippen molar-refractivity contribution in [3.63, 3.8) is 0 Å². The Morgan fingerprint density at radius 3 is 2.64 bits per heavy atom. The van der Waals surface area contributed by atoms with Crippen LogP contribution in [-0.2, 0) is 21.6 Å². The van der Waals surface area contributed by atoms with Gasteiger partial charge >= 0.3 is 0 Å². The van der Waals surface area contributed by atoms with Gasteiger partial charge in [0.15, 0.2) is 5.82 Å². The van der Waals surface area contributed by atoms with Crippen LogP contribution in [0.15, 0.2) is 35.2 Å². The Morgan fingerprint density at radius 2 is 2.00 bits per heavy atom. The molecule has 1 aliphatic heterocycles. The molecular formula is C18H16F2N2O2S. The minimum absolute atomic E-state index is 0.0136. The van der Waals surface area contributed by atoms with E-state index >= 15 is 0 Å². The van der Waals surface area contributed by atoms with Gasteiger partial charge in [-0.1, -0.05) is 6.42 Å². The smallest absolute Gasteiger partial charge is 0.235 e. The molecule has 4 rings (SSSR count). The number of hydrogen-bond donors (Lipinski definition) is 2. The second-order valence-corrected chi connectivity index (χ2v) is 7.73. The van der Waals surface area contributed by atoms with E-state index in [9.17, 15) is 18.1 Å². The number of amides is 1. The summed E-state index contributed by atoms with van der Waals surface area (Å²) in [6.07, 6.45) is 2.59. The van der Waals surface area contributed by atoms with E-state index in [-0.39, 0.29) is 10.8 Å². The zero-order valence-electron chi connectivity index (χ0n) is 13.5. The molecule has 2 aliphatic rings. The number of anilines is 2. The molecule has 2 N–H and O–H groups in total. The summed E-state index contributed by atoms with van der Waals surface area (Å²) in [5.74, 6) is -1.57. The first-order chi connectivity index (χ1) is 11.9. The van der Waals surface area contributed by atoms with Crippen molar-refractivity contribution in [2.24, 2.45) is 0 Å². The van der Waals surface area contributed by atoms with Crippen molar-refractivity contribution in [3.8, 4) is 0 Å². The van der Waals surface area contributed by atoms with Crippen molar-refractivity contribution >= 4 is 28.6 Å². The molecule has 1 spiro atoms. The van der Waals surface area contributed by atoms with E-state index in [2.05, 4.69) is 10.0 Å². The topological polar surface area (TPSA) is 64.2 Å². The third kappa shape index (κ3) is 2.49. The number of halogens is 2. The third-order valence-corrected chi connectivity index (χ3v) is 6.19. The van der Waals surface area contributed by atoms with E-state index in [1.165, 1.54) is 0 Å².